The minimum atomic E-state index is -1.04. The van der Waals surface area contributed by atoms with Gasteiger partial charge in [-0.05, 0) is 12.1 Å². The van der Waals surface area contributed by atoms with Crippen molar-refractivity contribution >= 4 is 17.5 Å². The van der Waals surface area contributed by atoms with Crippen molar-refractivity contribution in [1.82, 2.24) is 5.32 Å². The van der Waals surface area contributed by atoms with Crippen LogP contribution in [0.3, 0.4) is 0 Å². The van der Waals surface area contributed by atoms with Crippen LogP contribution in [0.2, 0.25) is 0 Å². The van der Waals surface area contributed by atoms with Crippen molar-refractivity contribution in [3.8, 4) is 6.07 Å². The summed E-state index contributed by atoms with van der Waals surface area (Å²) in [5, 5.41) is 23.9. The lowest BCUT2D eigenvalue weighted by atomic mass is 9.94. The molecule has 7 heteroatoms. The van der Waals surface area contributed by atoms with E-state index < -0.39 is 17.4 Å². The lowest BCUT2D eigenvalue weighted by molar-refractivity contribution is -0.137. The normalized spacial score (nSPS) is 16.4. The molecule has 1 fully saturated rings. The Labute approximate surface area is 127 Å². The van der Waals surface area contributed by atoms with Crippen LogP contribution in [0.15, 0.2) is 24.3 Å². The van der Waals surface area contributed by atoms with Gasteiger partial charge in [-0.3, -0.25) is 9.59 Å². The van der Waals surface area contributed by atoms with Gasteiger partial charge in [0.2, 0.25) is 0 Å². The zero-order valence-corrected chi connectivity index (χ0v) is 12.0. The van der Waals surface area contributed by atoms with Gasteiger partial charge in [0.05, 0.1) is 16.9 Å². The van der Waals surface area contributed by atoms with Gasteiger partial charge in [0.1, 0.15) is 6.07 Å². The Morgan fingerprint density at radius 3 is 2.64 bits per heavy atom. The van der Waals surface area contributed by atoms with Crippen molar-refractivity contribution in [1.29, 1.82) is 5.26 Å². The highest BCUT2D eigenvalue weighted by Gasteiger charge is 2.31. The quantitative estimate of drug-likeness (QED) is 0.688. The second-order valence-electron chi connectivity index (χ2n) is 5.13. The number of benzene rings is 1. The first kappa shape index (κ1) is 15.9. The molecule has 0 bridgehead atoms. The maximum absolute atomic E-state index is 11.8. The number of nitrogens with zero attached hydrogens (tertiary/aromatic N) is 1. The van der Waals surface area contributed by atoms with Crippen molar-refractivity contribution in [2.45, 2.75) is 18.4 Å². The van der Waals surface area contributed by atoms with E-state index in [9.17, 15) is 14.7 Å². The molecular weight excluding hydrogens is 286 g/mol. The molecule has 1 aromatic carbocycles. The zero-order valence-electron chi connectivity index (χ0n) is 12.0. The van der Waals surface area contributed by atoms with Gasteiger partial charge < -0.3 is 20.5 Å². The van der Waals surface area contributed by atoms with E-state index in [1.165, 1.54) is 12.1 Å². The average Bonchev–Trinajstić information content (AvgIpc) is 2.54. The number of aliphatic hydroxyl groups is 1. The highest BCUT2D eigenvalue weighted by Crippen LogP contribution is 2.19. The van der Waals surface area contributed by atoms with Gasteiger partial charge in [0.15, 0.2) is 0 Å². The summed E-state index contributed by atoms with van der Waals surface area (Å²) in [6.45, 7) is 0.838. The molecule has 0 aromatic heterocycles. The number of amides is 2. The molecule has 3 N–H and O–H groups in total. The van der Waals surface area contributed by atoms with Crippen molar-refractivity contribution in [2.24, 2.45) is 0 Å². The van der Waals surface area contributed by atoms with Gasteiger partial charge >= 0.3 is 11.8 Å². The first-order valence-corrected chi connectivity index (χ1v) is 6.92. The van der Waals surface area contributed by atoms with Crippen LogP contribution in [0.25, 0.3) is 0 Å². The van der Waals surface area contributed by atoms with Crippen molar-refractivity contribution in [3.05, 3.63) is 29.8 Å². The molecule has 0 aliphatic carbocycles. The zero-order chi connectivity index (χ0) is 16.0. The number of hydrogen-bond acceptors (Lipinski definition) is 5. The summed E-state index contributed by atoms with van der Waals surface area (Å²) < 4.78 is 5.14. The number of anilines is 1. The Morgan fingerprint density at radius 1 is 1.27 bits per heavy atom. The number of hydrogen-bond donors (Lipinski definition) is 3. The van der Waals surface area contributed by atoms with Gasteiger partial charge in [0.25, 0.3) is 0 Å². The molecule has 2 amide bonds. The van der Waals surface area contributed by atoms with Crippen molar-refractivity contribution in [2.75, 3.05) is 25.1 Å². The molecule has 1 heterocycles. The Hall–Kier alpha value is -2.43. The Morgan fingerprint density at radius 2 is 1.95 bits per heavy atom. The standard InChI is InChI=1S/C15H17N3O4/c16-9-11-3-1-2-4-12(11)18-14(20)13(19)17-10-15(21)5-7-22-8-6-15/h1-4,21H,5-8,10H2,(H,17,19)(H,18,20). The number of rotatable bonds is 3. The van der Waals surface area contributed by atoms with Crippen LogP contribution < -0.4 is 10.6 Å². The molecule has 2 rings (SSSR count). The minimum Gasteiger partial charge on any atom is -0.388 e. The summed E-state index contributed by atoms with van der Waals surface area (Å²) in [4.78, 5) is 23.6. The highest BCUT2D eigenvalue weighted by atomic mass is 16.5. The van der Waals surface area contributed by atoms with Gasteiger partial charge in [0, 0.05) is 32.6 Å². The molecule has 1 aliphatic heterocycles. The monoisotopic (exact) mass is 303 g/mol. The fourth-order valence-corrected chi connectivity index (χ4v) is 2.12. The van der Waals surface area contributed by atoms with Gasteiger partial charge in [-0.15, -0.1) is 0 Å². The van der Waals surface area contributed by atoms with E-state index in [0.29, 0.717) is 26.1 Å². The van der Waals surface area contributed by atoms with Crippen LogP contribution in [0.5, 0.6) is 0 Å². The predicted molar refractivity (Wildman–Crippen MR) is 77.8 cm³/mol. The third kappa shape index (κ3) is 4.04. The summed E-state index contributed by atoms with van der Waals surface area (Å²) in [6.07, 6.45) is 0.818. The van der Waals surface area contributed by atoms with Crippen LogP contribution in [0.4, 0.5) is 5.69 Å². The lowest BCUT2D eigenvalue weighted by Gasteiger charge is -2.31. The van der Waals surface area contributed by atoms with E-state index >= 15 is 0 Å². The lowest BCUT2D eigenvalue weighted by Crippen LogP contribution is -2.48. The van der Waals surface area contributed by atoms with E-state index in [1.807, 2.05) is 6.07 Å². The summed E-state index contributed by atoms with van der Waals surface area (Å²) in [5.74, 6) is -1.73. The third-order valence-corrected chi connectivity index (χ3v) is 3.50. The largest absolute Gasteiger partial charge is 0.388 e. The fraction of sp³-hybridized carbons (Fsp3) is 0.400. The maximum Gasteiger partial charge on any atom is 0.313 e. The first-order valence-electron chi connectivity index (χ1n) is 6.92. The van der Waals surface area contributed by atoms with Crippen LogP contribution in [-0.4, -0.2) is 42.3 Å². The number of nitrogens with one attached hydrogen (secondary N) is 2. The van der Waals surface area contributed by atoms with E-state index in [1.54, 1.807) is 12.1 Å². The summed E-state index contributed by atoms with van der Waals surface area (Å²) in [6, 6.07) is 8.32. The maximum atomic E-state index is 11.8. The Bertz CT molecular complexity index is 603. The first-order chi connectivity index (χ1) is 10.5. The van der Waals surface area contributed by atoms with E-state index in [-0.39, 0.29) is 17.8 Å². The molecular formula is C15H17N3O4. The van der Waals surface area contributed by atoms with E-state index in [2.05, 4.69) is 10.6 Å². The SMILES string of the molecule is N#Cc1ccccc1NC(=O)C(=O)NCC1(O)CCOCC1. The molecule has 0 atom stereocenters. The fourth-order valence-electron chi connectivity index (χ4n) is 2.12. The van der Waals surface area contributed by atoms with Crippen LogP contribution in [0.1, 0.15) is 18.4 Å². The van der Waals surface area contributed by atoms with Gasteiger partial charge in [-0.1, -0.05) is 12.1 Å². The number of para-hydroxylation sites is 1. The van der Waals surface area contributed by atoms with E-state index in [0.717, 1.165) is 0 Å². The molecule has 0 radical (unpaired) electrons. The minimum absolute atomic E-state index is 0.0114. The summed E-state index contributed by atoms with van der Waals surface area (Å²) >= 11 is 0. The Balaban J connectivity index is 1.90. The summed E-state index contributed by atoms with van der Waals surface area (Å²) in [7, 11) is 0. The van der Waals surface area contributed by atoms with Crippen LogP contribution >= 0.6 is 0 Å². The molecule has 1 aromatic rings. The molecule has 0 unspecified atom stereocenters. The van der Waals surface area contributed by atoms with Crippen molar-refractivity contribution < 1.29 is 19.4 Å². The molecule has 116 valence electrons. The molecule has 1 aliphatic rings. The average molecular weight is 303 g/mol. The van der Waals surface area contributed by atoms with E-state index in [4.69, 9.17) is 10.00 Å². The smallest absolute Gasteiger partial charge is 0.313 e. The van der Waals surface area contributed by atoms with Gasteiger partial charge in [-0.25, -0.2) is 0 Å². The second kappa shape index (κ2) is 7.02. The molecule has 7 nitrogen and oxygen atoms in total. The number of ether oxygens (including phenoxy) is 1. The highest BCUT2D eigenvalue weighted by molar-refractivity contribution is 6.39. The van der Waals surface area contributed by atoms with Gasteiger partial charge in [-0.2, -0.15) is 5.26 Å². The number of carbonyl (C=O) groups excluding carboxylic acids is 2. The molecule has 1 saturated heterocycles. The third-order valence-electron chi connectivity index (χ3n) is 3.50. The topological polar surface area (TPSA) is 111 Å². The summed E-state index contributed by atoms with van der Waals surface area (Å²) in [5.41, 5.74) is -0.500. The molecule has 0 saturated carbocycles. The number of nitriles is 1. The Kier molecular flexibility index (Phi) is 5.09. The van der Waals surface area contributed by atoms with Crippen molar-refractivity contribution in [3.63, 3.8) is 0 Å². The van der Waals surface area contributed by atoms with Crippen LogP contribution in [0, 0.1) is 11.3 Å². The molecule has 22 heavy (non-hydrogen) atoms. The van der Waals surface area contributed by atoms with Crippen LogP contribution in [-0.2, 0) is 14.3 Å². The predicted octanol–water partition coefficient (Wildman–Crippen LogP) is 0.154. The second-order valence-corrected chi connectivity index (χ2v) is 5.13. The number of carbonyl (C=O) groups is 2. The molecule has 0 spiro atoms.